The van der Waals surface area contributed by atoms with Crippen molar-refractivity contribution in [3.8, 4) is 5.75 Å². The topological polar surface area (TPSA) is 25.4 Å². The molecule has 1 aromatic carbocycles. The molecule has 3 nitrogen and oxygen atoms in total. The van der Waals surface area contributed by atoms with E-state index in [1.165, 1.54) is 37.0 Å². The molecule has 0 radical (unpaired) electrons. The first-order valence-electron chi connectivity index (χ1n) is 8.32. The molecule has 1 saturated carbocycles. The third-order valence-electron chi connectivity index (χ3n) is 5.21. The van der Waals surface area contributed by atoms with E-state index in [0.29, 0.717) is 18.7 Å². The van der Waals surface area contributed by atoms with Crippen molar-refractivity contribution < 1.29 is 9.13 Å². The lowest BCUT2D eigenvalue weighted by Gasteiger charge is -2.35. The molecule has 1 aromatic heterocycles. The maximum Gasteiger partial charge on any atom is 0.123 e. The quantitative estimate of drug-likeness (QED) is 0.842. The number of piperidine rings is 1. The monoisotopic (exact) mass is 312 g/mol. The largest absolute Gasteiger partial charge is 0.492 e. The van der Waals surface area contributed by atoms with Crippen LogP contribution in [0, 0.1) is 11.7 Å². The minimum Gasteiger partial charge on any atom is -0.492 e. The summed E-state index contributed by atoms with van der Waals surface area (Å²) in [7, 11) is 0. The first kappa shape index (κ1) is 14.6. The van der Waals surface area contributed by atoms with E-state index < -0.39 is 0 Å². The van der Waals surface area contributed by atoms with Crippen LogP contribution >= 0.6 is 0 Å². The zero-order valence-electron chi connectivity index (χ0n) is 13.1. The van der Waals surface area contributed by atoms with Crippen molar-refractivity contribution in [1.29, 1.82) is 0 Å². The lowest BCUT2D eigenvalue weighted by molar-refractivity contribution is 0.0866. The van der Waals surface area contributed by atoms with Crippen molar-refractivity contribution >= 4 is 0 Å². The Morgan fingerprint density at radius 3 is 2.83 bits per heavy atom. The fraction of sp³-hybridized carbons (Fsp3) is 0.421. The zero-order chi connectivity index (χ0) is 15.6. The van der Waals surface area contributed by atoms with Gasteiger partial charge in [-0.2, -0.15) is 0 Å². The van der Waals surface area contributed by atoms with Crippen molar-refractivity contribution in [3.63, 3.8) is 0 Å². The second-order valence-corrected chi connectivity index (χ2v) is 6.59. The highest BCUT2D eigenvalue weighted by Gasteiger charge is 2.45. The Balaban J connectivity index is 1.44. The summed E-state index contributed by atoms with van der Waals surface area (Å²) < 4.78 is 18.9. The summed E-state index contributed by atoms with van der Waals surface area (Å²) in [5.74, 6) is 1.24. The summed E-state index contributed by atoms with van der Waals surface area (Å²) >= 11 is 0. The molecule has 3 atom stereocenters. The Labute approximate surface area is 136 Å². The van der Waals surface area contributed by atoms with Crippen LogP contribution in [0.5, 0.6) is 5.75 Å². The number of hydrogen-bond donors (Lipinski definition) is 0. The van der Waals surface area contributed by atoms with Crippen molar-refractivity contribution in [2.24, 2.45) is 5.92 Å². The van der Waals surface area contributed by atoms with E-state index in [9.17, 15) is 4.39 Å². The highest BCUT2D eigenvalue weighted by Crippen LogP contribution is 2.43. The summed E-state index contributed by atoms with van der Waals surface area (Å²) in [6.45, 7) is 1.61. The summed E-state index contributed by atoms with van der Waals surface area (Å²) in [4.78, 5) is 6.80. The van der Waals surface area contributed by atoms with Crippen LogP contribution in [0.3, 0.4) is 0 Å². The molecule has 23 heavy (non-hydrogen) atoms. The van der Waals surface area contributed by atoms with Crippen molar-refractivity contribution in [3.05, 3.63) is 60.2 Å². The number of likely N-dealkylation sites (tertiary alicyclic amines) is 1. The van der Waals surface area contributed by atoms with E-state index in [0.717, 1.165) is 18.2 Å². The van der Waals surface area contributed by atoms with Crippen LogP contribution in [0.25, 0.3) is 0 Å². The van der Waals surface area contributed by atoms with Gasteiger partial charge in [0.05, 0.1) is 0 Å². The Hall–Kier alpha value is -1.94. The number of pyridine rings is 1. The third kappa shape index (κ3) is 3.08. The summed E-state index contributed by atoms with van der Waals surface area (Å²) in [5.41, 5.74) is 1.26. The fourth-order valence-electron chi connectivity index (χ4n) is 4.08. The molecule has 1 aliphatic carbocycles. The van der Waals surface area contributed by atoms with Gasteiger partial charge in [0.25, 0.3) is 0 Å². The van der Waals surface area contributed by atoms with Gasteiger partial charge < -0.3 is 4.74 Å². The molecular formula is C19H21FN2O. The molecule has 2 aliphatic rings. The van der Waals surface area contributed by atoms with Crippen LogP contribution in [-0.2, 0) is 6.54 Å². The number of benzene rings is 1. The highest BCUT2D eigenvalue weighted by molar-refractivity contribution is 5.22. The number of rotatable bonds is 5. The molecule has 1 saturated heterocycles. The molecule has 2 unspecified atom stereocenters. The molecule has 0 spiro atoms. The maximum atomic E-state index is 13.0. The van der Waals surface area contributed by atoms with Gasteiger partial charge in [-0.1, -0.05) is 6.07 Å². The number of fused-ring (bicyclic) bond motifs is 2. The Morgan fingerprint density at radius 2 is 2.04 bits per heavy atom. The van der Waals surface area contributed by atoms with Crippen molar-refractivity contribution in [2.75, 3.05) is 6.61 Å². The predicted octanol–water partition coefficient (Wildman–Crippen LogP) is 3.65. The molecule has 2 fully saturated rings. The van der Waals surface area contributed by atoms with Gasteiger partial charge in [-0.3, -0.25) is 9.88 Å². The minimum atomic E-state index is -0.226. The number of nitrogens with zero attached hydrogens (tertiary/aromatic N) is 2. The molecular weight excluding hydrogens is 291 g/mol. The summed E-state index contributed by atoms with van der Waals surface area (Å²) in [6, 6.07) is 11.5. The van der Waals surface area contributed by atoms with Crippen LogP contribution in [0.2, 0.25) is 0 Å². The number of aromatic nitrogens is 1. The first-order valence-corrected chi connectivity index (χ1v) is 8.32. The lowest BCUT2D eigenvalue weighted by Crippen LogP contribution is -2.43. The van der Waals surface area contributed by atoms with Crippen LogP contribution in [-0.4, -0.2) is 28.6 Å². The highest BCUT2D eigenvalue weighted by atomic mass is 19.1. The average Bonchev–Trinajstić information content (AvgIpc) is 3.17. The summed E-state index contributed by atoms with van der Waals surface area (Å²) in [6.07, 6.45) is 7.62. The second-order valence-electron chi connectivity index (χ2n) is 6.59. The van der Waals surface area contributed by atoms with E-state index >= 15 is 0 Å². The lowest BCUT2D eigenvalue weighted by atomic mass is 9.99. The number of halogens is 1. The second kappa shape index (κ2) is 6.28. The third-order valence-corrected chi connectivity index (χ3v) is 5.21. The Bertz CT molecular complexity index is 646. The molecule has 120 valence electrons. The van der Waals surface area contributed by atoms with Crippen LogP contribution < -0.4 is 4.74 Å². The van der Waals surface area contributed by atoms with Gasteiger partial charge in [0.15, 0.2) is 0 Å². The molecule has 4 heteroatoms. The van der Waals surface area contributed by atoms with E-state index in [-0.39, 0.29) is 5.82 Å². The molecule has 2 aromatic rings. The summed E-state index contributed by atoms with van der Waals surface area (Å²) in [5, 5.41) is 0. The van der Waals surface area contributed by atoms with E-state index in [4.69, 9.17) is 4.74 Å². The van der Waals surface area contributed by atoms with Crippen LogP contribution in [0.4, 0.5) is 4.39 Å². The fourth-order valence-corrected chi connectivity index (χ4v) is 4.08. The molecule has 4 rings (SSSR count). The Kier molecular flexibility index (Phi) is 4.00. The molecule has 0 N–H and O–H groups in total. The predicted molar refractivity (Wildman–Crippen MR) is 86.6 cm³/mol. The minimum absolute atomic E-state index is 0.226. The maximum absolute atomic E-state index is 13.0. The van der Waals surface area contributed by atoms with Crippen LogP contribution in [0.1, 0.15) is 24.8 Å². The molecule has 2 bridgehead atoms. The number of hydrogen-bond acceptors (Lipinski definition) is 3. The van der Waals surface area contributed by atoms with Gasteiger partial charge in [-0.25, -0.2) is 4.39 Å². The molecule has 1 aliphatic heterocycles. The normalized spacial score (nSPS) is 26.6. The Morgan fingerprint density at radius 1 is 1.17 bits per heavy atom. The molecule has 0 amide bonds. The SMILES string of the molecule is Fc1ccc(OC[C@H]2C3CCC(C3)N2Cc2cccnc2)cc1. The van der Waals surface area contributed by atoms with Crippen molar-refractivity contribution in [1.82, 2.24) is 9.88 Å². The van der Waals surface area contributed by atoms with E-state index in [1.54, 1.807) is 12.1 Å². The molecule has 2 heterocycles. The first-order chi connectivity index (χ1) is 11.3. The van der Waals surface area contributed by atoms with E-state index in [1.807, 2.05) is 18.5 Å². The van der Waals surface area contributed by atoms with Crippen LogP contribution in [0.15, 0.2) is 48.8 Å². The number of ether oxygens (including phenoxy) is 1. The van der Waals surface area contributed by atoms with Gasteiger partial charge in [-0.15, -0.1) is 0 Å². The van der Waals surface area contributed by atoms with Gasteiger partial charge in [-0.05, 0) is 61.1 Å². The van der Waals surface area contributed by atoms with Crippen molar-refractivity contribution in [2.45, 2.75) is 37.9 Å². The standard InChI is InChI=1S/C19H21FN2O/c20-16-4-7-18(8-5-16)23-13-19-15-3-6-17(10-15)22(19)12-14-2-1-9-21-11-14/h1-2,4-5,7-9,11,15,17,19H,3,6,10,12-13H2/t15?,17?,19-/m0/s1. The smallest absolute Gasteiger partial charge is 0.123 e. The van der Waals surface area contributed by atoms with Gasteiger partial charge >= 0.3 is 0 Å². The average molecular weight is 312 g/mol. The van der Waals surface area contributed by atoms with Gasteiger partial charge in [0.1, 0.15) is 18.2 Å². The van der Waals surface area contributed by atoms with Gasteiger partial charge in [0.2, 0.25) is 0 Å². The zero-order valence-corrected chi connectivity index (χ0v) is 13.1. The van der Waals surface area contributed by atoms with Gasteiger partial charge in [0, 0.05) is 31.0 Å². The van der Waals surface area contributed by atoms with E-state index in [2.05, 4.69) is 16.0 Å².